The Kier molecular flexibility index (Phi) is 3.14. The Bertz CT molecular complexity index is 366. The molecule has 0 saturated carbocycles. The second-order valence-corrected chi connectivity index (χ2v) is 2.86. The van der Waals surface area contributed by atoms with E-state index in [1.807, 2.05) is 29.3 Å². The zero-order valence-corrected chi connectivity index (χ0v) is 8.20. The van der Waals surface area contributed by atoms with Crippen LogP contribution in [0.15, 0.2) is 47.9 Å². The molecule has 2 aliphatic heterocycles. The van der Waals surface area contributed by atoms with Crippen molar-refractivity contribution in [2.24, 2.45) is 0 Å². The molecule has 74 valence electrons. The molecule has 0 unspecified atom stereocenters. The summed E-state index contributed by atoms with van der Waals surface area (Å²) in [6, 6.07) is 0. The van der Waals surface area contributed by atoms with Gasteiger partial charge in [0, 0.05) is 12.7 Å². The highest BCUT2D eigenvalue weighted by atomic mass is 35.5. The van der Waals surface area contributed by atoms with Gasteiger partial charge < -0.3 is 10.0 Å². The van der Waals surface area contributed by atoms with Crippen LogP contribution in [-0.4, -0.2) is 22.5 Å². The van der Waals surface area contributed by atoms with Crippen molar-refractivity contribution >= 4 is 18.4 Å². The number of carbonyl (C=O) groups is 1. The molecule has 4 heteroatoms. The van der Waals surface area contributed by atoms with Crippen LogP contribution in [0, 0.1) is 0 Å². The van der Waals surface area contributed by atoms with Crippen LogP contribution in [0.4, 0.5) is 0 Å². The first kappa shape index (κ1) is 10.6. The first-order valence-electron chi connectivity index (χ1n) is 4.04. The minimum Gasteiger partial charge on any atom is -0.478 e. The van der Waals surface area contributed by atoms with E-state index in [2.05, 4.69) is 0 Å². The lowest BCUT2D eigenvalue weighted by molar-refractivity contribution is -0.132. The number of nitrogens with zero attached hydrogens (tertiary/aromatic N) is 1. The summed E-state index contributed by atoms with van der Waals surface area (Å²) in [6.07, 6.45) is 10.9. The zero-order valence-electron chi connectivity index (χ0n) is 7.38. The van der Waals surface area contributed by atoms with E-state index in [1.54, 1.807) is 12.2 Å². The largest absolute Gasteiger partial charge is 0.478 e. The average molecular weight is 212 g/mol. The second kappa shape index (κ2) is 4.15. The van der Waals surface area contributed by atoms with E-state index in [0.29, 0.717) is 5.57 Å². The molecule has 0 saturated heterocycles. The molecule has 2 heterocycles. The first-order chi connectivity index (χ1) is 6.29. The Morgan fingerprint density at radius 2 is 2.14 bits per heavy atom. The van der Waals surface area contributed by atoms with Gasteiger partial charge in [0.2, 0.25) is 0 Å². The monoisotopic (exact) mass is 211 g/mol. The molecule has 0 fully saturated rings. The van der Waals surface area contributed by atoms with Crippen LogP contribution in [-0.2, 0) is 4.79 Å². The van der Waals surface area contributed by atoms with E-state index >= 15 is 0 Å². The Balaban J connectivity index is 0.000000980. The molecule has 0 aromatic heterocycles. The normalized spacial score (nSPS) is 17.9. The smallest absolute Gasteiger partial charge is 0.337 e. The van der Waals surface area contributed by atoms with Gasteiger partial charge in [-0.2, -0.15) is 0 Å². The maximum atomic E-state index is 10.8. The molecule has 1 N–H and O–H groups in total. The summed E-state index contributed by atoms with van der Waals surface area (Å²) >= 11 is 0. The standard InChI is InChI=1S/C10H9NO2.ClH/c12-10(13)8-4-3-7-11-6-2-1-5-9(8)11;/h1-5,7H,6H2,(H,12,13);1H. The number of rotatable bonds is 1. The maximum Gasteiger partial charge on any atom is 0.337 e. The van der Waals surface area contributed by atoms with Gasteiger partial charge in [-0.3, -0.25) is 0 Å². The molecule has 0 spiro atoms. The highest BCUT2D eigenvalue weighted by Crippen LogP contribution is 2.22. The van der Waals surface area contributed by atoms with Crippen LogP contribution in [0.2, 0.25) is 0 Å². The van der Waals surface area contributed by atoms with Crippen molar-refractivity contribution in [2.75, 3.05) is 6.54 Å². The topological polar surface area (TPSA) is 40.5 Å². The van der Waals surface area contributed by atoms with Crippen LogP contribution < -0.4 is 0 Å². The SMILES string of the molecule is Cl.O=C(O)C1=CC=CN2CC=CC=C12. The number of allylic oxidation sites excluding steroid dienone is 4. The van der Waals surface area contributed by atoms with Gasteiger partial charge in [-0.15, -0.1) is 12.4 Å². The van der Waals surface area contributed by atoms with Crippen LogP contribution in [0.25, 0.3) is 0 Å². The Morgan fingerprint density at radius 1 is 1.36 bits per heavy atom. The second-order valence-electron chi connectivity index (χ2n) is 2.86. The minimum atomic E-state index is -0.879. The Labute approximate surface area is 88.1 Å². The summed E-state index contributed by atoms with van der Waals surface area (Å²) in [6.45, 7) is 0.743. The molecule has 0 aromatic carbocycles. The summed E-state index contributed by atoms with van der Waals surface area (Å²) in [7, 11) is 0. The third kappa shape index (κ3) is 1.72. The van der Waals surface area contributed by atoms with Crippen molar-refractivity contribution in [3.8, 4) is 0 Å². The third-order valence-corrected chi connectivity index (χ3v) is 2.04. The zero-order chi connectivity index (χ0) is 9.26. The number of carboxylic acid groups (broad SMARTS) is 1. The third-order valence-electron chi connectivity index (χ3n) is 2.04. The van der Waals surface area contributed by atoms with Gasteiger partial charge in [0.15, 0.2) is 0 Å². The molecule has 0 aromatic rings. The van der Waals surface area contributed by atoms with Gasteiger partial charge in [0.1, 0.15) is 0 Å². The van der Waals surface area contributed by atoms with Crippen molar-refractivity contribution in [3.05, 3.63) is 47.9 Å². The number of halogens is 1. The summed E-state index contributed by atoms with van der Waals surface area (Å²) in [5, 5.41) is 8.88. The van der Waals surface area contributed by atoms with E-state index in [1.165, 1.54) is 0 Å². The van der Waals surface area contributed by atoms with Crippen LogP contribution in [0.3, 0.4) is 0 Å². The first-order valence-corrected chi connectivity index (χ1v) is 4.04. The highest BCUT2D eigenvalue weighted by Gasteiger charge is 2.20. The van der Waals surface area contributed by atoms with Crippen molar-refractivity contribution in [3.63, 3.8) is 0 Å². The van der Waals surface area contributed by atoms with Crippen molar-refractivity contribution < 1.29 is 9.90 Å². The van der Waals surface area contributed by atoms with E-state index < -0.39 is 5.97 Å². The summed E-state index contributed by atoms with van der Waals surface area (Å²) in [4.78, 5) is 12.7. The number of fused-ring (bicyclic) bond motifs is 1. The Morgan fingerprint density at radius 3 is 2.86 bits per heavy atom. The van der Waals surface area contributed by atoms with Gasteiger partial charge in [-0.05, 0) is 18.2 Å². The van der Waals surface area contributed by atoms with E-state index in [4.69, 9.17) is 5.11 Å². The minimum absolute atomic E-state index is 0. The summed E-state index contributed by atoms with van der Waals surface area (Å²) in [5.41, 5.74) is 1.12. The van der Waals surface area contributed by atoms with Gasteiger partial charge in [0.05, 0.1) is 11.3 Å². The molecule has 14 heavy (non-hydrogen) atoms. The molecule has 3 nitrogen and oxygen atoms in total. The molecular weight excluding hydrogens is 202 g/mol. The lowest BCUT2D eigenvalue weighted by Crippen LogP contribution is -2.24. The van der Waals surface area contributed by atoms with Gasteiger partial charge in [-0.1, -0.05) is 12.2 Å². The summed E-state index contributed by atoms with van der Waals surface area (Å²) in [5.74, 6) is -0.879. The molecule has 0 bridgehead atoms. The van der Waals surface area contributed by atoms with Gasteiger partial charge in [-0.25, -0.2) is 4.79 Å². The molecule has 0 atom stereocenters. The quantitative estimate of drug-likeness (QED) is 0.718. The van der Waals surface area contributed by atoms with Crippen molar-refractivity contribution in [2.45, 2.75) is 0 Å². The van der Waals surface area contributed by atoms with E-state index in [0.717, 1.165) is 12.2 Å². The van der Waals surface area contributed by atoms with Crippen LogP contribution >= 0.6 is 12.4 Å². The number of aliphatic carboxylic acids is 1. The van der Waals surface area contributed by atoms with Gasteiger partial charge >= 0.3 is 5.97 Å². The lowest BCUT2D eigenvalue weighted by Gasteiger charge is -2.26. The number of hydrogen-bond acceptors (Lipinski definition) is 2. The Hall–Kier alpha value is -1.48. The van der Waals surface area contributed by atoms with Crippen LogP contribution in [0.1, 0.15) is 0 Å². The fourth-order valence-electron chi connectivity index (χ4n) is 1.42. The van der Waals surface area contributed by atoms with Crippen LogP contribution in [0.5, 0.6) is 0 Å². The number of hydrogen-bond donors (Lipinski definition) is 1. The van der Waals surface area contributed by atoms with Gasteiger partial charge in [0.25, 0.3) is 0 Å². The van der Waals surface area contributed by atoms with E-state index in [-0.39, 0.29) is 12.4 Å². The predicted molar refractivity (Wildman–Crippen MR) is 56.0 cm³/mol. The lowest BCUT2D eigenvalue weighted by atomic mass is 10.1. The molecule has 2 aliphatic rings. The highest BCUT2D eigenvalue weighted by molar-refractivity contribution is 5.92. The van der Waals surface area contributed by atoms with E-state index in [9.17, 15) is 4.79 Å². The molecule has 0 radical (unpaired) electrons. The average Bonchev–Trinajstić information content (AvgIpc) is 2.17. The van der Waals surface area contributed by atoms with Crippen molar-refractivity contribution in [1.29, 1.82) is 0 Å². The fourth-order valence-corrected chi connectivity index (χ4v) is 1.42. The molecule has 0 amide bonds. The fraction of sp³-hybridized carbons (Fsp3) is 0.100. The maximum absolute atomic E-state index is 10.8. The molecular formula is C10H10ClNO2. The summed E-state index contributed by atoms with van der Waals surface area (Å²) < 4.78 is 0. The molecule has 2 rings (SSSR count). The number of carboxylic acids is 1. The van der Waals surface area contributed by atoms with Crippen molar-refractivity contribution in [1.82, 2.24) is 4.90 Å². The molecule has 0 aliphatic carbocycles. The predicted octanol–water partition coefficient (Wildman–Crippen LogP) is 1.70.